The molecule has 3 aromatic rings. The highest BCUT2D eigenvalue weighted by atomic mass is 32.1. The predicted molar refractivity (Wildman–Crippen MR) is 68.6 cm³/mol. The normalized spacial score (nSPS) is 10.9. The Hall–Kier alpha value is -1.94. The molecule has 0 saturated heterocycles. The Morgan fingerprint density at radius 2 is 2.29 bits per heavy atom. The smallest absolute Gasteiger partial charge is 0.169 e. The van der Waals surface area contributed by atoms with E-state index >= 15 is 0 Å². The summed E-state index contributed by atoms with van der Waals surface area (Å²) in [6.45, 7) is 2.01. The largest absolute Gasteiger partial charge is 0.297 e. The third kappa shape index (κ3) is 1.57. The molecule has 3 heterocycles. The molecule has 0 saturated carbocycles. The summed E-state index contributed by atoms with van der Waals surface area (Å²) in [5, 5.41) is 1.99. The average molecular weight is 242 g/mol. The zero-order valence-corrected chi connectivity index (χ0v) is 10.1. The summed E-state index contributed by atoms with van der Waals surface area (Å²) in [5.74, 6) is 0. The van der Waals surface area contributed by atoms with Crippen LogP contribution >= 0.6 is 11.3 Å². The second-order valence-electron chi connectivity index (χ2n) is 3.87. The molecule has 3 nitrogen and oxygen atoms in total. The molecule has 0 atom stereocenters. The number of carbonyl (C=O) groups is 1. The molecule has 3 rings (SSSR count). The fourth-order valence-electron chi connectivity index (χ4n) is 1.87. The van der Waals surface area contributed by atoms with Crippen molar-refractivity contribution in [3.63, 3.8) is 0 Å². The van der Waals surface area contributed by atoms with E-state index in [2.05, 4.69) is 4.98 Å². The van der Waals surface area contributed by atoms with Crippen molar-refractivity contribution in [1.82, 2.24) is 9.38 Å². The van der Waals surface area contributed by atoms with E-state index in [1.54, 1.807) is 11.3 Å². The molecule has 0 bridgehead atoms. The van der Waals surface area contributed by atoms with Crippen LogP contribution in [0.3, 0.4) is 0 Å². The lowest BCUT2D eigenvalue weighted by Crippen LogP contribution is -1.91. The summed E-state index contributed by atoms with van der Waals surface area (Å²) in [4.78, 5) is 16.8. The van der Waals surface area contributed by atoms with Gasteiger partial charge in [0.15, 0.2) is 6.29 Å². The van der Waals surface area contributed by atoms with Crippen LogP contribution in [0.4, 0.5) is 0 Å². The lowest BCUT2D eigenvalue weighted by atomic mass is 10.3. The first-order chi connectivity index (χ1) is 8.29. The first kappa shape index (κ1) is 10.2. The quantitative estimate of drug-likeness (QED) is 0.647. The number of nitrogens with zero attached hydrogens (tertiary/aromatic N) is 2. The van der Waals surface area contributed by atoms with Gasteiger partial charge in [0.05, 0.1) is 4.88 Å². The monoisotopic (exact) mass is 242 g/mol. The van der Waals surface area contributed by atoms with E-state index in [0.717, 1.165) is 28.1 Å². The van der Waals surface area contributed by atoms with E-state index in [1.165, 1.54) is 0 Å². The number of pyridine rings is 1. The Bertz CT molecular complexity index is 683. The molecule has 0 radical (unpaired) electrons. The summed E-state index contributed by atoms with van der Waals surface area (Å²) < 4.78 is 1.83. The van der Waals surface area contributed by atoms with Crippen molar-refractivity contribution in [3.8, 4) is 10.6 Å². The number of aryl methyl sites for hydroxylation is 1. The van der Waals surface area contributed by atoms with Gasteiger partial charge < -0.3 is 0 Å². The van der Waals surface area contributed by atoms with Gasteiger partial charge >= 0.3 is 0 Å². The van der Waals surface area contributed by atoms with Gasteiger partial charge in [0.2, 0.25) is 0 Å². The van der Waals surface area contributed by atoms with Gasteiger partial charge in [-0.1, -0.05) is 6.07 Å². The Kier molecular flexibility index (Phi) is 2.30. The van der Waals surface area contributed by atoms with Crippen LogP contribution in [0.15, 0.2) is 35.8 Å². The molecule has 0 spiro atoms. The van der Waals surface area contributed by atoms with E-state index in [-0.39, 0.29) is 0 Å². The zero-order chi connectivity index (χ0) is 11.8. The van der Waals surface area contributed by atoms with Crippen molar-refractivity contribution >= 4 is 23.3 Å². The molecule has 0 aliphatic carbocycles. The molecule has 84 valence electrons. The Morgan fingerprint density at radius 1 is 1.41 bits per heavy atom. The first-order valence-electron chi connectivity index (χ1n) is 5.27. The number of imidazole rings is 1. The third-order valence-corrected chi connectivity index (χ3v) is 3.56. The van der Waals surface area contributed by atoms with Crippen molar-refractivity contribution in [2.75, 3.05) is 0 Å². The summed E-state index contributed by atoms with van der Waals surface area (Å²) in [7, 11) is 0. The van der Waals surface area contributed by atoms with Gasteiger partial charge in [0.25, 0.3) is 0 Å². The highest BCUT2D eigenvalue weighted by Crippen LogP contribution is 2.27. The van der Waals surface area contributed by atoms with Crippen molar-refractivity contribution in [3.05, 3.63) is 47.1 Å². The first-order valence-corrected chi connectivity index (χ1v) is 6.15. The predicted octanol–water partition coefficient (Wildman–Crippen LogP) is 3.18. The number of rotatable bonds is 2. The second-order valence-corrected chi connectivity index (χ2v) is 4.82. The van der Waals surface area contributed by atoms with Gasteiger partial charge in [-0.25, -0.2) is 4.98 Å². The van der Waals surface area contributed by atoms with Gasteiger partial charge in [-0.3, -0.25) is 9.20 Å². The van der Waals surface area contributed by atoms with Gasteiger partial charge in [-0.15, -0.1) is 11.3 Å². The lowest BCUT2D eigenvalue weighted by molar-refractivity contribution is 0.111. The fraction of sp³-hybridized carbons (Fsp3) is 0.0769. The molecule has 0 aromatic carbocycles. The summed E-state index contributed by atoms with van der Waals surface area (Å²) in [5.41, 5.74) is 3.33. The van der Waals surface area contributed by atoms with Gasteiger partial charge in [-0.2, -0.15) is 0 Å². The average Bonchev–Trinajstić information content (AvgIpc) is 2.94. The van der Waals surface area contributed by atoms with Crippen LogP contribution in [0, 0.1) is 6.92 Å². The molecule has 3 aromatic heterocycles. The van der Waals surface area contributed by atoms with Gasteiger partial charge in [0, 0.05) is 6.20 Å². The number of carbonyl (C=O) groups excluding carboxylic acids is 1. The minimum Gasteiger partial charge on any atom is -0.297 e. The lowest BCUT2D eigenvalue weighted by Gasteiger charge is -1.96. The van der Waals surface area contributed by atoms with Gasteiger partial charge in [-0.05, 0) is 36.1 Å². The van der Waals surface area contributed by atoms with Crippen molar-refractivity contribution in [1.29, 1.82) is 0 Å². The number of aldehydes is 1. The Labute approximate surface area is 102 Å². The zero-order valence-electron chi connectivity index (χ0n) is 9.25. The van der Waals surface area contributed by atoms with Crippen molar-refractivity contribution in [2.24, 2.45) is 0 Å². The topological polar surface area (TPSA) is 34.4 Å². The van der Waals surface area contributed by atoms with Crippen LogP contribution in [0.5, 0.6) is 0 Å². The molecular weight excluding hydrogens is 232 g/mol. The molecule has 0 N–H and O–H groups in total. The van der Waals surface area contributed by atoms with Crippen molar-refractivity contribution < 1.29 is 4.79 Å². The van der Waals surface area contributed by atoms with E-state index < -0.39 is 0 Å². The number of hydrogen-bond acceptors (Lipinski definition) is 3. The van der Waals surface area contributed by atoms with Crippen LogP contribution in [-0.4, -0.2) is 15.7 Å². The molecule has 4 heteroatoms. The highest BCUT2D eigenvalue weighted by molar-refractivity contribution is 7.13. The molecule has 17 heavy (non-hydrogen) atoms. The number of aromatic nitrogens is 2. The Morgan fingerprint density at radius 3 is 3.00 bits per heavy atom. The van der Waals surface area contributed by atoms with E-state index in [4.69, 9.17) is 0 Å². The molecule has 0 amide bonds. The minimum absolute atomic E-state index is 0.613. The molecule has 0 fully saturated rings. The molecule has 0 unspecified atom stereocenters. The fourth-order valence-corrected chi connectivity index (χ4v) is 2.60. The van der Waals surface area contributed by atoms with Crippen LogP contribution in [0.1, 0.15) is 16.1 Å². The second kappa shape index (κ2) is 3.82. The molecular formula is C13H10N2OS. The van der Waals surface area contributed by atoms with Crippen molar-refractivity contribution in [2.45, 2.75) is 6.92 Å². The van der Waals surface area contributed by atoms with E-state index in [9.17, 15) is 4.79 Å². The van der Waals surface area contributed by atoms with Crippen LogP contribution in [0.25, 0.3) is 16.2 Å². The molecule has 0 aliphatic heterocycles. The van der Waals surface area contributed by atoms with Crippen LogP contribution in [0.2, 0.25) is 0 Å². The summed E-state index contributed by atoms with van der Waals surface area (Å²) in [6.07, 6.45) is 2.75. The molecule has 0 aliphatic rings. The highest BCUT2D eigenvalue weighted by Gasteiger charge is 2.13. The standard InChI is InChI=1S/C13H10N2OS/c1-9-4-5-15-10(8-16)13(14-12(15)7-9)11-3-2-6-17-11/h2-8H,1H3. The SMILES string of the molecule is Cc1ccn2c(C=O)c(-c3cccs3)nc2c1. The summed E-state index contributed by atoms with van der Waals surface area (Å²) >= 11 is 1.59. The van der Waals surface area contributed by atoms with Crippen LogP contribution in [-0.2, 0) is 0 Å². The minimum atomic E-state index is 0.613. The number of hydrogen-bond donors (Lipinski definition) is 0. The van der Waals surface area contributed by atoms with Crippen LogP contribution < -0.4 is 0 Å². The maximum atomic E-state index is 11.2. The number of thiophene rings is 1. The van der Waals surface area contributed by atoms with E-state index in [0.29, 0.717) is 5.69 Å². The maximum absolute atomic E-state index is 11.2. The maximum Gasteiger partial charge on any atom is 0.169 e. The van der Waals surface area contributed by atoms with Gasteiger partial charge in [0.1, 0.15) is 17.0 Å². The van der Waals surface area contributed by atoms with E-state index in [1.807, 2.05) is 47.2 Å². The number of fused-ring (bicyclic) bond motifs is 1. The third-order valence-electron chi connectivity index (χ3n) is 2.68. The summed E-state index contributed by atoms with van der Waals surface area (Å²) in [6, 6.07) is 7.89. The Balaban J connectivity index is 2.35.